The van der Waals surface area contributed by atoms with Gasteiger partial charge in [-0.1, -0.05) is 33.6 Å². The van der Waals surface area contributed by atoms with Crippen LogP contribution in [0.3, 0.4) is 0 Å². The van der Waals surface area contributed by atoms with E-state index < -0.39 is 0 Å². The van der Waals surface area contributed by atoms with Gasteiger partial charge in [-0.3, -0.25) is 4.79 Å². The van der Waals surface area contributed by atoms with Gasteiger partial charge in [-0.25, -0.2) is 0 Å². The third-order valence-corrected chi connectivity index (χ3v) is 3.88. The summed E-state index contributed by atoms with van der Waals surface area (Å²) in [4.78, 5) is 12.0. The molecule has 0 N–H and O–H groups in total. The van der Waals surface area contributed by atoms with Crippen molar-refractivity contribution < 1.29 is 9.53 Å². The van der Waals surface area contributed by atoms with Crippen LogP contribution in [0.15, 0.2) is 22.7 Å². The Hall–Kier alpha value is -0.380. The molecule has 2 unspecified atom stereocenters. The summed E-state index contributed by atoms with van der Waals surface area (Å²) < 4.78 is 6.34. The summed E-state index contributed by atoms with van der Waals surface area (Å²) in [5, 5.41) is 0.639. The molecule has 1 heterocycles. The summed E-state index contributed by atoms with van der Waals surface area (Å²) >= 11 is 9.44. The number of halogens is 2. The topological polar surface area (TPSA) is 26.3 Å². The summed E-state index contributed by atoms with van der Waals surface area (Å²) in [5.74, 6) is 0.253. The third-order valence-electron chi connectivity index (χ3n) is 3.03. The zero-order chi connectivity index (χ0) is 12.4. The molecule has 0 aliphatic carbocycles. The van der Waals surface area contributed by atoms with Crippen LogP contribution in [0.4, 0.5) is 0 Å². The van der Waals surface area contributed by atoms with Crippen LogP contribution in [-0.2, 0) is 16.0 Å². The van der Waals surface area contributed by atoms with Gasteiger partial charge in [0.05, 0.1) is 12.7 Å². The maximum Gasteiger partial charge on any atom is 0.142 e. The fraction of sp³-hybridized carbons (Fsp3) is 0.462. The largest absolute Gasteiger partial charge is 0.378 e. The van der Waals surface area contributed by atoms with E-state index in [1.54, 1.807) is 0 Å². The van der Waals surface area contributed by atoms with Gasteiger partial charge in [-0.05, 0) is 31.0 Å². The molecular weight excluding hydrogens is 303 g/mol. The molecule has 1 fully saturated rings. The Balaban J connectivity index is 2.03. The lowest BCUT2D eigenvalue weighted by atomic mass is 9.96. The van der Waals surface area contributed by atoms with Crippen molar-refractivity contribution in [3.63, 3.8) is 0 Å². The molecule has 4 heteroatoms. The van der Waals surface area contributed by atoms with Crippen LogP contribution in [0.5, 0.6) is 0 Å². The molecule has 1 aliphatic rings. The number of Topliss-reactive ketones (excluding diaryl/α,β-unsaturated/α-hetero) is 1. The van der Waals surface area contributed by atoms with Crippen molar-refractivity contribution in [2.45, 2.75) is 25.9 Å². The fourth-order valence-corrected chi connectivity index (χ4v) is 2.78. The monoisotopic (exact) mass is 316 g/mol. The molecule has 2 atom stereocenters. The molecule has 0 amide bonds. The van der Waals surface area contributed by atoms with Crippen LogP contribution in [0.1, 0.15) is 18.9 Å². The van der Waals surface area contributed by atoms with Crippen molar-refractivity contribution in [3.8, 4) is 0 Å². The quantitative estimate of drug-likeness (QED) is 0.851. The molecule has 2 rings (SSSR count). The number of carbonyl (C=O) groups is 1. The van der Waals surface area contributed by atoms with Gasteiger partial charge in [-0.15, -0.1) is 0 Å². The Bertz CT molecular complexity index is 433. The Morgan fingerprint density at radius 2 is 2.35 bits per heavy atom. The minimum absolute atomic E-state index is 0.0321. The molecular formula is C13H14BrClO2. The number of ketones is 1. The molecule has 0 radical (unpaired) electrons. The minimum Gasteiger partial charge on any atom is -0.378 e. The van der Waals surface area contributed by atoms with Crippen molar-refractivity contribution in [3.05, 3.63) is 33.3 Å². The fourth-order valence-electron chi connectivity index (χ4n) is 2.04. The minimum atomic E-state index is 0.0321. The number of carbonyl (C=O) groups excluding carboxylic acids is 1. The second-order valence-electron chi connectivity index (χ2n) is 4.46. The van der Waals surface area contributed by atoms with Gasteiger partial charge in [0.25, 0.3) is 0 Å². The Labute approximate surface area is 114 Å². The third kappa shape index (κ3) is 3.30. The van der Waals surface area contributed by atoms with E-state index >= 15 is 0 Å². The van der Waals surface area contributed by atoms with Crippen molar-refractivity contribution >= 4 is 33.3 Å². The zero-order valence-corrected chi connectivity index (χ0v) is 11.9. The van der Waals surface area contributed by atoms with E-state index in [2.05, 4.69) is 15.9 Å². The highest BCUT2D eigenvalue weighted by Crippen LogP contribution is 2.25. The average molecular weight is 318 g/mol. The molecule has 1 aromatic carbocycles. The van der Waals surface area contributed by atoms with E-state index in [1.165, 1.54) is 0 Å². The number of rotatable bonds is 3. The summed E-state index contributed by atoms with van der Waals surface area (Å²) in [5.41, 5.74) is 0.888. The average Bonchev–Trinajstić information content (AvgIpc) is 2.69. The van der Waals surface area contributed by atoms with Crippen LogP contribution in [0, 0.1) is 5.92 Å². The van der Waals surface area contributed by atoms with Gasteiger partial charge in [-0.2, -0.15) is 0 Å². The SMILES string of the molecule is CC1CC(C(=O)Cc2ccc(Br)cc2Cl)CO1. The maximum atomic E-state index is 12.0. The first-order chi connectivity index (χ1) is 8.06. The highest BCUT2D eigenvalue weighted by Gasteiger charge is 2.28. The first-order valence-corrected chi connectivity index (χ1v) is 6.81. The van der Waals surface area contributed by atoms with E-state index in [-0.39, 0.29) is 17.8 Å². The second-order valence-corrected chi connectivity index (χ2v) is 5.78. The molecule has 0 bridgehead atoms. The van der Waals surface area contributed by atoms with Crippen molar-refractivity contribution in [1.82, 2.24) is 0 Å². The summed E-state index contributed by atoms with van der Waals surface area (Å²) in [6.45, 7) is 2.55. The standard InChI is InChI=1S/C13H14BrClO2/c1-8-4-10(7-17-8)13(16)5-9-2-3-11(14)6-12(9)15/h2-3,6,8,10H,4-5,7H2,1H3. The molecule has 17 heavy (non-hydrogen) atoms. The Kier molecular flexibility index (Phi) is 4.23. The van der Waals surface area contributed by atoms with Crippen LogP contribution in [0.25, 0.3) is 0 Å². The molecule has 0 saturated carbocycles. The van der Waals surface area contributed by atoms with E-state index in [9.17, 15) is 4.79 Å². The normalized spacial score (nSPS) is 23.9. The zero-order valence-electron chi connectivity index (χ0n) is 9.58. The van der Waals surface area contributed by atoms with Crippen LogP contribution >= 0.6 is 27.5 Å². The lowest BCUT2D eigenvalue weighted by molar-refractivity contribution is -0.122. The van der Waals surface area contributed by atoms with Gasteiger partial charge in [0.2, 0.25) is 0 Å². The summed E-state index contributed by atoms with van der Waals surface area (Å²) in [6.07, 6.45) is 1.42. The lowest BCUT2D eigenvalue weighted by Crippen LogP contribution is -2.17. The van der Waals surface area contributed by atoms with Gasteiger partial charge < -0.3 is 4.74 Å². The molecule has 1 saturated heterocycles. The van der Waals surface area contributed by atoms with Crippen LogP contribution in [0.2, 0.25) is 5.02 Å². The molecule has 0 aromatic heterocycles. The molecule has 1 aromatic rings. The molecule has 0 spiro atoms. The van der Waals surface area contributed by atoms with Crippen LogP contribution in [-0.4, -0.2) is 18.5 Å². The first-order valence-electron chi connectivity index (χ1n) is 5.64. The van der Waals surface area contributed by atoms with Crippen LogP contribution < -0.4 is 0 Å². The van der Waals surface area contributed by atoms with Crippen molar-refractivity contribution in [2.75, 3.05) is 6.61 Å². The number of ether oxygens (including phenoxy) is 1. The number of hydrogen-bond acceptors (Lipinski definition) is 2. The maximum absolute atomic E-state index is 12.0. The first kappa shape index (κ1) is 13.1. The molecule has 2 nitrogen and oxygen atoms in total. The Morgan fingerprint density at radius 3 is 2.94 bits per heavy atom. The van der Waals surface area contributed by atoms with E-state index in [1.807, 2.05) is 25.1 Å². The summed E-state index contributed by atoms with van der Waals surface area (Å²) in [7, 11) is 0. The highest BCUT2D eigenvalue weighted by atomic mass is 79.9. The van der Waals surface area contributed by atoms with E-state index in [0.29, 0.717) is 18.1 Å². The molecule has 1 aliphatic heterocycles. The van der Waals surface area contributed by atoms with Crippen molar-refractivity contribution in [2.24, 2.45) is 5.92 Å². The Morgan fingerprint density at radius 1 is 1.59 bits per heavy atom. The smallest absolute Gasteiger partial charge is 0.142 e. The molecule has 92 valence electrons. The van der Waals surface area contributed by atoms with Gasteiger partial charge in [0.15, 0.2) is 0 Å². The lowest BCUT2D eigenvalue weighted by Gasteiger charge is -2.08. The highest BCUT2D eigenvalue weighted by molar-refractivity contribution is 9.10. The van der Waals surface area contributed by atoms with Gasteiger partial charge in [0.1, 0.15) is 5.78 Å². The van der Waals surface area contributed by atoms with E-state index in [0.717, 1.165) is 16.5 Å². The predicted molar refractivity (Wildman–Crippen MR) is 71.4 cm³/mol. The van der Waals surface area contributed by atoms with Crippen molar-refractivity contribution in [1.29, 1.82) is 0 Å². The van der Waals surface area contributed by atoms with Gasteiger partial charge >= 0.3 is 0 Å². The second kappa shape index (κ2) is 5.51. The van der Waals surface area contributed by atoms with E-state index in [4.69, 9.17) is 16.3 Å². The van der Waals surface area contributed by atoms with Gasteiger partial charge in [0, 0.05) is 21.8 Å². The number of hydrogen-bond donors (Lipinski definition) is 0. The summed E-state index contributed by atoms with van der Waals surface area (Å²) in [6, 6.07) is 5.61. The predicted octanol–water partition coefficient (Wildman–Crippen LogP) is 3.64. The number of benzene rings is 1.